The molecule has 1 N–H and O–H groups in total. The Hall–Kier alpha value is -3.44. The lowest BCUT2D eigenvalue weighted by molar-refractivity contribution is -0.384. The van der Waals surface area contributed by atoms with E-state index >= 15 is 0 Å². The Morgan fingerprint density at radius 1 is 0.806 bits per heavy atom. The Labute approximate surface area is 179 Å². The van der Waals surface area contributed by atoms with Gasteiger partial charge in [0.25, 0.3) is 15.7 Å². The Kier molecular flexibility index (Phi) is 6.00. The van der Waals surface area contributed by atoms with Crippen LogP contribution in [0.25, 0.3) is 0 Å². The van der Waals surface area contributed by atoms with Gasteiger partial charge in [0, 0.05) is 6.07 Å². The van der Waals surface area contributed by atoms with Crippen LogP contribution < -0.4 is 8.91 Å². The van der Waals surface area contributed by atoms with Crippen molar-refractivity contribution in [1.29, 1.82) is 0 Å². The molecule has 3 rings (SSSR count). The second kappa shape index (κ2) is 8.36. The number of nitro benzene ring substituents is 1. The molecule has 0 aromatic heterocycles. The van der Waals surface area contributed by atoms with Gasteiger partial charge in [0.1, 0.15) is 4.90 Å². The summed E-state index contributed by atoms with van der Waals surface area (Å²) in [7, 11) is -8.48. The first-order valence-corrected chi connectivity index (χ1v) is 11.8. The molecule has 0 aliphatic carbocycles. The molecule has 0 spiro atoms. The first-order valence-electron chi connectivity index (χ1n) is 8.87. The number of anilines is 1. The highest BCUT2D eigenvalue weighted by Crippen LogP contribution is 2.33. The zero-order valence-corrected chi connectivity index (χ0v) is 18.1. The highest BCUT2D eigenvalue weighted by atomic mass is 32.2. The summed E-state index contributed by atoms with van der Waals surface area (Å²) < 4.78 is 58.0. The van der Waals surface area contributed by atoms with E-state index in [1.54, 1.807) is 38.1 Å². The molecule has 11 heteroatoms. The van der Waals surface area contributed by atoms with Crippen molar-refractivity contribution in [2.75, 3.05) is 4.72 Å². The van der Waals surface area contributed by atoms with E-state index in [1.165, 1.54) is 24.3 Å². The summed E-state index contributed by atoms with van der Waals surface area (Å²) in [6.07, 6.45) is 0. The van der Waals surface area contributed by atoms with Crippen LogP contribution in [0.5, 0.6) is 5.75 Å². The minimum atomic E-state index is -4.38. The fourth-order valence-corrected chi connectivity index (χ4v) is 4.58. The van der Waals surface area contributed by atoms with Gasteiger partial charge in [-0.2, -0.15) is 8.42 Å². The molecule has 0 radical (unpaired) electrons. The number of nitrogens with zero attached hydrogens (tertiary/aromatic N) is 1. The molecule has 0 heterocycles. The van der Waals surface area contributed by atoms with Crippen LogP contribution in [0.15, 0.2) is 76.5 Å². The lowest BCUT2D eigenvalue weighted by Crippen LogP contribution is -2.16. The zero-order valence-electron chi connectivity index (χ0n) is 16.5. The number of nitro groups is 1. The summed E-state index contributed by atoms with van der Waals surface area (Å²) in [6.45, 7) is 3.57. The molecule has 0 saturated heterocycles. The number of hydrogen-bond donors (Lipinski definition) is 1. The van der Waals surface area contributed by atoms with Crippen molar-refractivity contribution >= 4 is 31.5 Å². The van der Waals surface area contributed by atoms with Crippen molar-refractivity contribution in [2.24, 2.45) is 0 Å². The zero-order chi connectivity index (χ0) is 22.8. The monoisotopic (exact) mass is 462 g/mol. The molecule has 0 unspecified atom stereocenters. The first kappa shape index (κ1) is 22.2. The van der Waals surface area contributed by atoms with Gasteiger partial charge in [-0.15, -0.1) is 0 Å². The number of rotatable bonds is 7. The average molecular weight is 463 g/mol. The third-order valence-corrected chi connectivity index (χ3v) is 6.89. The van der Waals surface area contributed by atoms with Crippen LogP contribution in [0.4, 0.5) is 11.4 Å². The van der Waals surface area contributed by atoms with Gasteiger partial charge >= 0.3 is 10.1 Å². The predicted octanol–water partition coefficient (Wildman–Crippen LogP) is 3.78. The molecule has 0 aliphatic heterocycles. The number of nitrogens with one attached hydrogen (secondary N) is 1. The van der Waals surface area contributed by atoms with E-state index in [1.807, 2.05) is 0 Å². The molecule has 0 amide bonds. The predicted molar refractivity (Wildman–Crippen MR) is 114 cm³/mol. The van der Waals surface area contributed by atoms with E-state index in [2.05, 4.69) is 4.72 Å². The third kappa shape index (κ3) is 5.19. The Balaban J connectivity index is 2.02. The van der Waals surface area contributed by atoms with Crippen molar-refractivity contribution in [2.45, 2.75) is 23.6 Å². The fraction of sp³-hybridized carbons (Fsp3) is 0.100. The van der Waals surface area contributed by atoms with Crippen LogP contribution in [0, 0.1) is 24.0 Å². The molecule has 162 valence electrons. The summed E-state index contributed by atoms with van der Waals surface area (Å²) >= 11 is 0. The SMILES string of the molecule is Cc1ccc(S(=O)(=O)Nc2ccc([N+](=O)[O-])cc2OS(=O)(=O)c2ccc(C)cc2)cc1. The van der Waals surface area contributed by atoms with E-state index in [9.17, 15) is 26.9 Å². The molecule has 0 fully saturated rings. The van der Waals surface area contributed by atoms with Gasteiger partial charge < -0.3 is 4.18 Å². The van der Waals surface area contributed by atoms with Crippen molar-refractivity contribution in [1.82, 2.24) is 0 Å². The molecule has 3 aromatic rings. The molecule has 3 aromatic carbocycles. The second-order valence-electron chi connectivity index (χ2n) is 6.71. The molecular formula is C20H18N2O7S2. The molecular weight excluding hydrogens is 444 g/mol. The number of non-ortho nitro benzene ring substituents is 1. The van der Waals surface area contributed by atoms with Gasteiger partial charge in [0.2, 0.25) is 0 Å². The number of benzene rings is 3. The van der Waals surface area contributed by atoms with Crippen molar-refractivity contribution in [3.05, 3.63) is 88.0 Å². The Morgan fingerprint density at radius 3 is 1.84 bits per heavy atom. The number of sulfonamides is 1. The maximum absolute atomic E-state index is 12.7. The maximum atomic E-state index is 12.7. The van der Waals surface area contributed by atoms with Crippen LogP contribution in [0.2, 0.25) is 0 Å². The van der Waals surface area contributed by atoms with Crippen LogP contribution >= 0.6 is 0 Å². The summed E-state index contributed by atoms with van der Waals surface area (Å²) in [4.78, 5) is 10.1. The summed E-state index contributed by atoms with van der Waals surface area (Å²) in [6, 6.07) is 14.7. The van der Waals surface area contributed by atoms with E-state index in [4.69, 9.17) is 4.18 Å². The fourth-order valence-electron chi connectivity index (χ4n) is 2.57. The van der Waals surface area contributed by atoms with Crippen LogP contribution in [0.1, 0.15) is 11.1 Å². The van der Waals surface area contributed by atoms with Gasteiger partial charge in [-0.05, 0) is 44.2 Å². The van der Waals surface area contributed by atoms with Crippen molar-refractivity contribution in [3.63, 3.8) is 0 Å². The van der Waals surface area contributed by atoms with Crippen molar-refractivity contribution in [3.8, 4) is 5.75 Å². The lowest BCUT2D eigenvalue weighted by atomic mass is 10.2. The molecule has 0 atom stereocenters. The summed E-state index contributed by atoms with van der Waals surface area (Å²) in [5.41, 5.74) is 0.942. The largest absolute Gasteiger partial charge is 0.376 e. The Bertz CT molecular complexity index is 1330. The number of hydrogen-bond acceptors (Lipinski definition) is 7. The Morgan fingerprint density at radius 2 is 1.32 bits per heavy atom. The first-order chi connectivity index (χ1) is 14.5. The maximum Gasteiger partial charge on any atom is 0.339 e. The van der Waals surface area contributed by atoms with Crippen LogP contribution in [0.3, 0.4) is 0 Å². The average Bonchev–Trinajstić information content (AvgIpc) is 2.69. The van der Waals surface area contributed by atoms with E-state index in [0.29, 0.717) is 0 Å². The van der Waals surface area contributed by atoms with Crippen LogP contribution in [-0.4, -0.2) is 21.8 Å². The second-order valence-corrected chi connectivity index (χ2v) is 9.94. The summed E-state index contributed by atoms with van der Waals surface area (Å²) in [5, 5.41) is 11.1. The van der Waals surface area contributed by atoms with Gasteiger partial charge in [-0.25, -0.2) is 8.42 Å². The standard InChI is InChI=1S/C20H18N2O7S2/c1-14-3-8-17(9-4-14)30(25,26)21-19-12-7-16(22(23)24)13-20(19)29-31(27,28)18-10-5-15(2)6-11-18/h3-13,21H,1-2H3. The normalized spacial score (nSPS) is 11.7. The van der Waals surface area contributed by atoms with Gasteiger partial charge in [-0.3, -0.25) is 14.8 Å². The molecule has 0 aliphatic rings. The molecule has 31 heavy (non-hydrogen) atoms. The third-order valence-electron chi connectivity index (χ3n) is 4.26. The quantitative estimate of drug-likeness (QED) is 0.321. The molecule has 0 bridgehead atoms. The minimum Gasteiger partial charge on any atom is -0.376 e. The van der Waals surface area contributed by atoms with E-state index in [0.717, 1.165) is 29.3 Å². The van der Waals surface area contributed by atoms with Gasteiger partial charge in [-0.1, -0.05) is 35.4 Å². The smallest absolute Gasteiger partial charge is 0.339 e. The van der Waals surface area contributed by atoms with E-state index in [-0.39, 0.29) is 15.5 Å². The minimum absolute atomic E-state index is 0.0659. The molecule has 9 nitrogen and oxygen atoms in total. The van der Waals surface area contributed by atoms with E-state index < -0.39 is 36.5 Å². The lowest BCUT2D eigenvalue weighted by Gasteiger charge is -2.14. The van der Waals surface area contributed by atoms with Crippen LogP contribution in [-0.2, 0) is 20.1 Å². The van der Waals surface area contributed by atoms with Gasteiger partial charge in [0.05, 0.1) is 21.6 Å². The highest BCUT2D eigenvalue weighted by Gasteiger charge is 2.24. The number of aryl methyl sites for hydroxylation is 2. The van der Waals surface area contributed by atoms with Gasteiger partial charge in [0.15, 0.2) is 5.75 Å². The summed E-state index contributed by atoms with van der Waals surface area (Å²) in [5.74, 6) is -0.523. The van der Waals surface area contributed by atoms with Crippen molar-refractivity contribution < 1.29 is 25.9 Å². The topological polar surface area (TPSA) is 133 Å². The molecule has 0 saturated carbocycles. The highest BCUT2D eigenvalue weighted by molar-refractivity contribution is 7.92.